The fraction of sp³-hybridized carbons (Fsp3) is 0.632. The molecule has 1 saturated carbocycles. The third kappa shape index (κ3) is 4.56. The average molecular weight is 371 g/mol. The molecule has 1 aliphatic carbocycles. The number of pyridine rings is 1. The van der Waals surface area contributed by atoms with Crippen LogP contribution in [0.15, 0.2) is 12.3 Å². The van der Waals surface area contributed by atoms with E-state index < -0.39 is 0 Å². The number of carbonyl (C=O) groups excluding carboxylic acids is 1. The van der Waals surface area contributed by atoms with Crippen LogP contribution >= 0.6 is 0 Å². The summed E-state index contributed by atoms with van der Waals surface area (Å²) in [5.74, 6) is 1.41. The van der Waals surface area contributed by atoms with Gasteiger partial charge in [-0.15, -0.1) is 0 Å². The van der Waals surface area contributed by atoms with Gasteiger partial charge in [-0.1, -0.05) is 19.3 Å². The first-order chi connectivity index (χ1) is 13.2. The first-order valence-electron chi connectivity index (χ1n) is 9.99. The van der Waals surface area contributed by atoms with E-state index in [0.29, 0.717) is 18.4 Å². The highest BCUT2D eigenvalue weighted by Gasteiger charge is 2.18. The second kappa shape index (κ2) is 8.22. The Morgan fingerprint density at radius 2 is 2.00 bits per heavy atom. The molecule has 0 spiro atoms. The Labute approximate surface area is 159 Å². The zero-order valence-electron chi connectivity index (χ0n) is 16.0. The Balaban J connectivity index is 1.40. The molecule has 0 bridgehead atoms. The van der Waals surface area contributed by atoms with Gasteiger partial charge in [0, 0.05) is 37.6 Å². The van der Waals surface area contributed by atoms with Crippen molar-refractivity contribution >= 4 is 28.4 Å². The van der Waals surface area contributed by atoms with E-state index in [4.69, 9.17) is 0 Å². The summed E-state index contributed by atoms with van der Waals surface area (Å²) in [6.07, 6.45) is 8.05. The van der Waals surface area contributed by atoms with Crippen molar-refractivity contribution in [2.24, 2.45) is 0 Å². The van der Waals surface area contributed by atoms with Gasteiger partial charge in [0.05, 0.1) is 18.3 Å². The van der Waals surface area contributed by atoms with Crippen LogP contribution in [0, 0.1) is 0 Å². The van der Waals surface area contributed by atoms with Crippen LogP contribution in [0.4, 0.5) is 11.6 Å². The van der Waals surface area contributed by atoms with Crippen LogP contribution in [0.5, 0.6) is 0 Å². The van der Waals surface area contributed by atoms with Gasteiger partial charge in [0.1, 0.15) is 5.82 Å². The molecule has 146 valence electrons. The number of H-pyrrole nitrogens is 1. The van der Waals surface area contributed by atoms with E-state index in [1.807, 2.05) is 6.07 Å². The van der Waals surface area contributed by atoms with Gasteiger partial charge in [0.15, 0.2) is 5.82 Å². The molecule has 2 fully saturated rings. The Hall–Kier alpha value is -2.19. The second-order valence-electron chi connectivity index (χ2n) is 7.79. The Bertz CT molecular complexity index is 775. The van der Waals surface area contributed by atoms with Crippen molar-refractivity contribution in [2.75, 3.05) is 50.4 Å². The number of anilines is 2. The molecule has 0 unspecified atom stereocenters. The van der Waals surface area contributed by atoms with Crippen molar-refractivity contribution < 1.29 is 4.79 Å². The summed E-state index contributed by atoms with van der Waals surface area (Å²) < 4.78 is 0. The standard InChI is InChI=1S/C19H29N7O/c1-25-7-9-26(10-8-25)13-18(27)22-19-15-11-17(20-12-16(15)23-24-19)21-14-5-3-2-4-6-14/h11-12,14H,2-10,13H2,1H3,(H,20,21)(H2,22,23,24,27). The SMILES string of the molecule is CN1CCN(CC(=O)Nc2n[nH]c3cnc(NC4CCCCC4)cc23)CC1. The third-order valence-corrected chi connectivity index (χ3v) is 5.63. The summed E-state index contributed by atoms with van der Waals surface area (Å²) >= 11 is 0. The van der Waals surface area contributed by atoms with Gasteiger partial charge < -0.3 is 15.5 Å². The highest BCUT2D eigenvalue weighted by molar-refractivity contribution is 6.00. The van der Waals surface area contributed by atoms with Gasteiger partial charge in [-0.2, -0.15) is 5.10 Å². The van der Waals surface area contributed by atoms with Gasteiger partial charge in [-0.25, -0.2) is 4.98 Å². The molecule has 27 heavy (non-hydrogen) atoms. The van der Waals surface area contributed by atoms with Crippen LogP contribution < -0.4 is 10.6 Å². The van der Waals surface area contributed by atoms with Crippen LogP contribution in [0.25, 0.3) is 10.9 Å². The maximum atomic E-state index is 12.5. The summed E-state index contributed by atoms with van der Waals surface area (Å²) in [5.41, 5.74) is 0.832. The number of rotatable bonds is 5. The fourth-order valence-corrected chi connectivity index (χ4v) is 3.93. The molecule has 3 N–H and O–H groups in total. The molecule has 8 heteroatoms. The number of nitrogens with zero attached hydrogens (tertiary/aromatic N) is 4. The topological polar surface area (TPSA) is 89.2 Å². The highest BCUT2D eigenvalue weighted by Crippen LogP contribution is 2.25. The van der Waals surface area contributed by atoms with E-state index in [0.717, 1.165) is 42.9 Å². The van der Waals surface area contributed by atoms with Crippen molar-refractivity contribution in [2.45, 2.75) is 38.1 Å². The molecule has 2 aromatic heterocycles. The van der Waals surface area contributed by atoms with Crippen LogP contribution in [0.1, 0.15) is 32.1 Å². The third-order valence-electron chi connectivity index (χ3n) is 5.63. The number of fused-ring (bicyclic) bond motifs is 1. The smallest absolute Gasteiger partial charge is 0.239 e. The lowest BCUT2D eigenvalue weighted by Crippen LogP contribution is -2.47. The van der Waals surface area contributed by atoms with E-state index in [-0.39, 0.29) is 5.91 Å². The summed E-state index contributed by atoms with van der Waals surface area (Å²) in [4.78, 5) is 21.4. The van der Waals surface area contributed by atoms with E-state index in [1.54, 1.807) is 6.20 Å². The van der Waals surface area contributed by atoms with Gasteiger partial charge >= 0.3 is 0 Å². The predicted molar refractivity (Wildman–Crippen MR) is 107 cm³/mol. The lowest BCUT2D eigenvalue weighted by atomic mass is 9.95. The number of piperazine rings is 1. The first kappa shape index (κ1) is 18.2. The summed E-state index contributed by atoms with van der Waals surface area (Å²) in [6.45, 7) is 4.25. The molecule has 3 heterocycles. The molecule has 4 rings (SSSR count). The summed E-state index contributed by atoms with van der Waals surface area (Å²) in [7, 11) is 2.11. The molecule has 0 aromatic carbocycles. The maximum absolute atomic E-state index is 12.5. The molecule has 2 aromatic rings. The van der Waals surface area contributed by atoms with Gasteiger partial charge in [0.25, 0.3) is 0 Å². The average Bonchev–Trinajstić information content (AvgIpc) is 3.06. The van der Waals surface area contributed by atoms with E-state index >= 15 is 0 Å². The van der Waals surface area contributed by atoms with Gasteiger partial charge in [0.2, 0.25) is 5.91 Å². The number of carbonyl (C=O) groups is 1. The molecule has 1 saturated heterocycles. The molecule has 2 aliphatic rings. The first-order valence-corrected chi connectivity index (χ1v) is 9.99. The van der Waals surface area contributed by atoms with Crippen LogP contribution in [-0.4, -0.2) is 76.7 Å². The van der Waals surface area contributed by atoms with Gasteiger partial charge in [-0.3, -0.25) is 14.8 Å². The number of nitrogens with one attached hydrogen (secondary N) is 3. The van der Waals surface area contributed by atoms with Crippen LogP contribution in [0.2, 0.25) is 0 Å². The fourth-order valence-electron chi connectivity index (χ4n) is 3.93. The number of hydrogen-bond donors (Lipinski definition) is 3. The number of aromatic nitrogens is 3. The zero-order chi connectivity index (χ0) is 18.6. The van der Waals surface area contributed by atoms with Gasteiger partial charge in [-0.05, 0) is 26.0 Å². The van der Waals surface area contributed by atoms with E-state index in [2.05, 4.69) is 42.7 Å². The van der Waals surface area contributed by atoms with E-state index in [1.165, 1.54) is 32.1 Å². The Kier molecular flexibility index (Phi) is 5.54. The number of likely N-dealkylation sites (N-methyl/N-ethyl adjacent to an activating group) is 1. The Morgan fingerprint density at radius 3 is 2.78 bits per heavy atom. The van der Waals surface area contributed by atoms with E-state index in [9.17, 15) is 4.79 Å². The minimum absolute atomic E-state index is 0.0217. The molecular formula is C19H29N7O. The minimum atomic E-state index is -0.0217. The van der Waals surface area contributed by atoms with Crippen molar-refractivity contribution in [3.05, 3.63) is 12.3 Å². The summed E-state index contributed by atoms with van der Waals surface area (Å²) in [6, 6.07) is 2.48. The zero-order valence-corrected chi connectivity index (χ0v) is 16.0. The maximum Gasteiger partial charge on any atom is 0.239 e. The second-order valence-corrected chi connectivity index (χ2v) is 7.79. The quantitative estimate of drug-likeness (QED) is 0.744. The monoisotopic (exact) mass is 371 g/mol. The molecule has 8 nitrogen and oxygen atoms in total. The molecule has 1 amide bonds. The lowest BCUT2D eigenvalue weighted by Gasteiger charge is -2.31. The van der Waals surface area contributed by atoms with Crippen molar-refractivity contribution in [1.82, 2.24) is 25.0 Å². The van der Waals surface area contributed by atoms with Crippen LogP contribution in [-0.2, 0) is 4.79 Å². The minimum Gasteiger partial charge on any atom is -0.367 e. The molecular weight excluding hydrogens is 342 g/mol. The molecule has 0 radical (unpaired) electrons. The van der Waals surface area contributed by atoms with Crippen molar-refractivity contribution in [3.8, 4) is 0 Å². The summed E-state index contributed by atoms with van der Waals surface area (Å²) in [5, 5.41) is 14.6. The molecule has 1 aliphatic heterocycles. The molecule has 0 atom stereocenters. The highest BCUT2D eigenvalue weighted by atomic mass is 16.2. The predicted octanol–water partition coefficient (Wildman–Crippen LogP) is 1.89. The lowest BCUT2D eigenvalue weighted by molar-refractivity contribution is -0.117. The van der Waals surface area contributed by atoms with Crippen molar-refractivity contribution in [1.29, 1.82) is 0 Å². The number of amides is 1. The largest absolute Gasteiger partial charge is 0.367 e. The van der Waals surface area contributed by atoms with Crippen molar-refractivity contribution in [3.63, 3.8) is 0 Å². The number of aromatic amines is 1. The Morgan fingerprint density at radius 1 is 1.22 bits per heavy atom. The van der Waals surface area contributed by atoms with Crippen LogP contribution in [0.3, 0.4) is 0 Å². The normalized spacial score (nSPS) is 20.0. The number of hydrogen-bond acceptors (Lipinski definition) is 6.